The molecule has 170 valence electrons. The second kappa shape index (κ2) is 8.70. The molecule has 1 amide bonds. The van der Waals surface area contributed by atoms with Crippen LogP contribution in [-0.2, 0) is 24.5 Å². The van der Waals surface area contributed by atoms with Crippen molar-refractivity contribution in [3.05, 3.63) is 83.2 Å². The molecule has 33 heavy (non-hydrogen) atoms. The van der Waals surface area contributed by atoms with Gasteiger partial charge in [0.2, 0.25) is 5.91 Å². The number of esters is 1. The molecule has 0 bridgehead atoms. The highest BCUT2D eigenvalue weighted by Gasteiger charge is 2.38. The van der Waals surface area contributed by atoms with Crippen LogP contribution >= 0.6 is 0 Å². The summed E-state index contributed by atoms with van der Waals surface area (Å²) in [5.74, 6) is -0.964. The summed E-state index contributed by atoms with van der Waals surface area (Å²) in [6.07, 6.45) is 5.08. The molecular formula is C27H28N2O4. The molecule has 0 aromatic heterocycles. The van der Waals surface area contributed by atoms with Gasteiger partial charge in [0.05, 0.1) is 12.5 Å². The summed E-state index contributed by atoms with van der Waals surface area (Å²) in [6, 6.07) is 15.2. The molecule has 4 rings (SSSR count). The minimum Gasteiger partial charge on any atom is -0.457 e. The van der Waals surface area contributed by atoms with Crippen LogP contribution in [0.5, 0.6) is 0 Å². The average molecular weight is 445 g/mol. The molecular weight excluding hydrogens is 416 g/mol. The zero-order valence-electron chi connectivity index (χ0n) is 19.4. The van der Waals surface area contributed by atoms with Crippen LogP contribution in [0.3, 0.4) is 0 Å². The molecule has 0 saturated carbocycles. The smallest absolute Gasteiger partial charge is 0.308 e. The van der Waals surface area contributed by atoms with Gasteiger partial charge in [-0.2, -0.15) is 0 Å². The van der Waals surface area contributed by atoms with E-state index in [1.165, 1.54) is 11.8 Å². The Bertz CT molecular complexity index is 1180. The number of carbonyl (C=O) groups excluding carboxylic acids is 3. The van der Waals surface area contributed by atoms with Gasteiger partial charge in [0, 0.05) is 43.0 Å². The van der Waals surface area contributed by atoms with E-state index >= 15 is 0 Å². The van der Waals surface area contributed by atoms with Gasteiger partial charge in [-0.1, -0.05) is 56.3 Å². The third kappa shape index (κ3) is 4.21. The number of likely N-dealkylation sites (N-methyl/N-ethyl adjacent to an activating group) is 1. The van der Waals surface area contributed by atoms with Gasteiger partial charge < -0.3 is 14.5 Å². The van der Waals surface area contributed by atoms with E-state index in [0.717, 1.165) is 28.1 Å². The van der Waals surface area contributed by atoms with Crippen LogP contribution in [0.15, 0.2) is 66.5 Å². The first-order valence-corrected chi connectivity index (χ1v) is 11.0. The Hall–Kier alpha value is -3.67. The highest BCUT2D eigenvalue weighted by Crippen LogP contribution is 2.46. The minimum absolute atomic E-state index is 0.0262. The maximum absolute atomic E-state index is 12.7. The molecule has 0 spiro atoms. The van der Waals surface area contributed by atoms with Crippen LogP contribution in [0.25, 0.3) is 6.08 Å². The standard InChI is InChI=1S/C27H28N2O4/c1-18(30)29-14-13-19-9-5-6-10-21(19)24(29)16-26(32)33-17-20(31)15-25-27(2,3)22-11-7-8-12-23(22)28(25)4/h5-15,24H,16-17H2,1-4H3/b25-15-. The van der Waals surface area contributed by atoms with E-state index in [4.69, 9.17) is 4.74 Å². The van der Waals surface area contributed by atoms with Gasteiger partial charge in [0.15, 0.2) is 12.4 Å². The Labute approximate surface area is 194 Å². The van der Waals surface area contributed by atoms with Crippen LogP contribution < -0.4 is 4.90 Å². The molecule has 6 nitrogen and oxygen atoms in total. The summed E-state index contributed by atoms with van der Waals surface area (Å²) >= 11 is 0. The van der Waals surface area contributed by atoms with Gasteiger partial charge in [0.25, 0.3) is 0 Å². The third-order valence-electron chi connectivity index (χ3n) is 6.44. The van der Waals surface area contributed by atoms with E-state index in [2.05, 4.69) is 19.9 Å². The maximum atomic E-state index is 12.7. The predicted molar refractivity (Wildman–Crippen MR) is 127 cm³/mol. The number of carbonyl (C=O) groups is 3. The number of ether oxygens (including phenoxy) is 1. The van der Waals surface area contributed by atoms with Crippen LogP contribution in [0, 0.1) is 0 Å². The first kappa shape index (κ1) is 22.5. The number of hydrogen-bond acceptors (Lipinski definition) is 5. The number of benzene rings is 2. The fourth-order valence-corrected chi connectivity index (χ4v) is 4.73. The van der Waals surface area contributed by atoms with Gasteiger partial charge in [-0.3, -0.25) is 14.4 Å². The number of para-hydroxylation sites is 1. The molecule has 0 aliphatic carbocycles. The minimum atomic E-state index is -0.523. The van der Waals surface area contributed by atoms with E-state index in [-0.39, 0.29) is 30.1 Å². The van der Waals surface area contributed by atoms with E-state index in [1.54, 1.807) is 12.3 Å². The molecule has 2 aliphatic rings. The number of hydrogen-bond donors (Lipinski definition) is 0. The lowest BCUT2D eigenvalue weighted by Gasteiger charge is -2.32. The molecule has 0 saturated heterocycles. The van der Waals surface area contributed by atoms with Gasteiger partial charge in [-0.25, -0.2) is 0 Å². The molecule has 2 aromatic rings. The van der Waals surface area contributed by atoms with Crippen molar-refractivity contribution in [2.45, 2.75) is 38.6 Å². The highest BCUT2D eigenvalue weighted by atomic mass is 16.5. The lowest BCUT2D eigenvalue weighted by Crippen LogP contribution is -2.32. The van der Waals surface area contributed by atoms with Gasteiger partial charge in [-0.05, 0) is 28.8 Å². The molecule has 0 fully saturated rings. The number of amides is 1. The van der Waals surface area contributed by atoms with Crippen molar-refractivity contribution < 1.29 is 19.1 Å². The number of anilines is 1. The lowest BCUT2D eigenvalue weighted by atomic mass is 9.83. The quantitative estimate of drug-likeness (QED) is 0.506. The number of nitrogens with zero attached hydrogens (tertiary/aromatic N) is 2. The Morgan fingerprint density at radius 2 is 1.76 bits per heavy atom. The van der Waals surface area contributed by atoms with Crippen molar-refractivity contribution >= 4 is 29.4 Å². The van der Waals surface area contributed by atoms with Crippen LogP contribution in [0.4, 0.5) is 5.69 Å². The van der Waals surface area contributed by atoms with Crippen molar-refractivity contribution in [1.29, 1.82) is 0 Å². The fraction of sp³-hybridized carbons (Fsp3) is 0.296. The van der Waals surface area contributed by atoms with Crippen LogP contribution in [0.2, 0.25) is 0 Å². The SMILES string of the molecule is CC(=O)N1C=Cc2ccccc2C1CC(=O)OCC(=O)/C=C1\N(C)c2ccccc2C1(C)C. The van der Waals surface area contributed by atoms with Gasteiger partial charge in [-0.15, -0.1) is 0 Å². The number of ketones is 1. The molecule has 1 unspecified atom stereocenters. The summed E-state index contributed by atoms with van der Waals surface area (Å²) < 4.78 is 5.33. The normalized spacial score (nSPS) is 19.3. The molecule has 2 heterocycles. The summed E-state index contributed by atoms with van der Waals surface area (Å²) in [4.78, 5) is 41.0. The first-order chi connectivity index (χ1) is 15.7. The van der Waals surface area contributed by atoms with Gasteiger partial charge in [0.1, 0.15) is 0 Å². The molecule has 6 heteroatoms. The Kier molecular flexibility index (Phi) is 5.93. The van der Waals surface area contributed by atoms with Crippen LogP contribution in [0.1, 0.15) is 49.9 Å². The van der Waals surface area contributed by atoms with Crippen LogP contribution in [-0.4, -0.2) is 36.2 Å². The largest absolute Gasteiger partial charge is 0.457 e. The van der Waals surface area contributed by atoms with E-state index < -0.39 is 12.0 Å². The molecule has 2 aliphatic heterocycles. The summed E-state index contributed by atoms with van der Waals surface area (Å²) in [5.41, 5.74) is 4.58. The van der Waals surface area contributed by atoms with Crippen molar-refractivity contribution in [1.82, 2.24) is 4.90 Å². The van der Waals surface area contributed by atoms with Crippen molar-refractivity contribution in [2.24, 2.45) is 0 Å². The van der Waals surface area contributed by atoms with E-state index in [9.17, 15) is 14.4 Å². The average Bonchev–Trinajstić information content (AvgIpc) is 2.98. The summed E-state index contributed by atoms with van der Waals surface area (Å²) in [5, 5.41) is 0. The fourth-order valence-electron chi connectivity index (χ4n) is 4.73. The zero-order chi connectivity index (χ0) is 23.8. The van der Waals surface area contributed by atoms with Crippen molar-refractivity contribution in [3.63, 3.8) is 0 Å². The molecule has 1 atom stereocenters. The first-order valence-electron chi connectivity index (χ1n) is 11.0. The van der Waals surface area contributed by atoms with E-state index in [1.807, 2.05) is 60.5 Å². The van der Waals surface area contributed by atoms with Crippen molar-refractivity contribution in [2.75, 3.05) is 18.6 Å². The Morgan fingerprint density at radius 1 is 1.06 bits per heavy atom. The lowest BCUT2D eigenvalue weighted by molar-refractivity contribution is -0.148. The molecule has 0 N–H and O–H groups in total. The Balaban J connectivity index is 1.44. The van der Waals surface area contributed by atoms with E-state index in [0.29, 0.717) is 0 Å². The highest BCUT2D eigenvalue weighted by molar-refractivity contribution is 5.94. The summed E-state index contributed by atoms with van der Waals surface area (Å²) in [6.45, 7) is 5.27. The predicted octanol–water partition coefficient (Wildman–Crippen LogP) is 4.37. The number of rotatable bonds is 5. The molecule has 2 aromatic carbocycles. The van der Waals surface area contributed by atoms with Gasteiger partial charge >= 0.3 is 5.97 Å². The van der Waals surface area contributed by atoms with Crippen molar-refractivity contribution in [3.8, 4) is 0 Å². The number of allylic oxidation sites excluding steroid dienone is 1. The number of fused-ring (bicyclic) bond motifs is 2. The summed E-state index contributed by atoms with van der Waals surface area (Å²) in [7, 11) is 1.93. The topological polar surface area (TPSA) is 66.9 Å². The second-order valence-electron chi connectivity index (χ2n) is 8.95. The zero-order valence-corrected chi connectivity index (χ0v) is 19.4. The third-order valence-corrected chi connectivity index (χ3v) is 6.44. The molecule has 0 radical (unpaired) electrons. The maximum Gasteiger partial charge on any atom is 0.308 e. The second-order valence-corrected chi connectivity index (χ2v) is 8.95. The Morgan fingerprint density at radius 3 is 2.48 bits per heavy atom. The monoisotopic (exact) mass is 444 g/mol.